The van der Waals surface area contributed by atoms with Gasteiger partial charge in [-0.25, -0.2) is 13.4 Å². The highest BCUT2D eigenvalue weighted by atomic mass is 32.2. The maximum atomic E-state index is 13.8. The van der Waals surface area contributed by atoms with Crippen LogP contribution in [0.15, 0.2) is 64.7 Å². The number of methoxy groups -OCH3 is 1. The van der Waals surface area contributed by atoms with E-state index >= 15 is 0 Å². The van der Waals surface area contributed by atoms with Gasteiger partial charge in [-0.05, 0) is 31.2 Å². The van der Waals surface area contributed by atoms with Gasteiger partial charge in [0, 0.05) is 37.3 Å². The number of fused-ring (bicyclic) bond motifs is 1. The number of carbonyl (C=O) groups is 1. The molecule has 0 saturated carbocycles. The van der Waals surface area contributed by atoms with E-state index in [1.807, 2.05) is 30.3 Å². The van der Waals surface area contributed by atoms with Crippen molar-refractivity contribution in [1.29, 1.82) is 0 Å². The Kier molecular flexibility index (Phi) is 7.64. The van der Waals surface area contributed by atoms with Crippen LogP contribution < -0.4 is 20.5 Å². The predicted molar refractivity (Wildman–Crippen MR) is 149 cm³/mol. The molecule has 39 heavy (non-hydrogen) atoms. The number of rotatable bonds is 8. The Morgan fingerprint density at radius 3 is 2.54 bits per heavy atom. The number of carbonyl (C=O) groups excluding carboxylic acids is 1. The largest absolute Gasteiger partial charge is 0.495 e. The van der Waals surface area contributed by atoms with Crippen LogP contribution in [0.3, 0.4) is 0 Å². The van der Waals surface area contributed by atoms with Gasteiger partial charge >= 0.3 is 0 Å². The molecule has 1 aliphatic rings. The Balaban J connectivity index is 1.37. The molecule has 0 radical (unpaired) electrons. The molecule has 0 spiro atoms. The van der Waals surface area contributed by atoms with Crippen molar-refractivity contribution in [3.8, 4) is 5.75 Å². The molecule has 1 amide bonds. The summed E-state index contributed by atoms with van der Waals surface area (Å²) in [6, 6.07) is 13.0. The Morgan fingerprint density at radius 1 is 1.08 bits per heavy atom. The number of thiophene rings is 1. The number of amides is 1. The van der Waals surface area contributed by atoms with Gasteiger partial charge in [0.2, 0.25) is 15.9 Å². The zero-order valence-corrected chi connectivity index (χ0v) is 23.2. The summed E-state index contributed by atoms with van der Waals surface area (Å²) in [5, 5.41) is 2.74. The van der Waals surface area contributed by atoms with Gasteiger partial charge in [0.15, 0.2) is 0 Å². The van der Waals surface area contributed by atoms with E-state index in [0.717, 1.165) is 27.3 Å². The highest BCUT2D eigenvalue weighted by molar-refractivity contribution is 7.89. The molecule has 0 atom stereocenters. The molecule has 204 valence electrons. The second-order valence-electron chi connectivity index (χ2n) is 9.01. The number of nitrogens with one attached hydrogen (secondary N) is 1. The fourth-order valence-electron chi connectivity index (χ4n) is 4.63. The lowest BCUT2D eigenvalue weighted by Crippen LogP contribution is -2.49. The van der Waals surface area contributed by atoms with Crippen molar-refractivity contribution >= 4 is 43.2 Å². The van der Waals surface area contributed by atoms with Gasteiger partial charge in [0.25, 0.3) is 5.56 Å². The molecule has 11 nitrogen and oxygen atoms in total. The van der Waals surface area contributed by atoms with Crippen molar-refractivity contribution in [3.63, 3.8) is 0 Å². The Morgan fingerprint density at radius 2 is 1.82 bits per heavy atom. The fourth-order valence-corrected chi connectivity index (χ4v) is 7.72. The molecule has 1 aromatic carbocycles. The number of nitrogens with zero attached hydrogens (tertiary/aromatic N) is 5. The lowest BCUT2D eigenvalue weighted by molar-refractivity contribution is -0.121. The third-order valence-electron chi connectivity index (χ3n) is 6.57. The normalized spacial score (nSPS) is 14.5. The molecule has 1 fully saturated rings. The number of sulfonamides is 1. The Hall–Kier alpha value is -3.81. The van der Waals surface area contributed by atoms with Crippen molar-refractivity contribution in [2.45, 2.75) is 24.9 Å². The average molecular weight is 569 g/mol. The fraction of sp³-hybridized carbons (Fsp3) is 0.308. The van der Waals surface area contributed by atoms with E-state index in [9.17, 15) is 18.0 Å². The van der Waals surface area contributed by atoms with Gasteiger partial charge in [-0.15, -0.1) is 11.3 Å². The highest BCUT2D eigenvalue weighted by Crippen LogP contribution is 2.34. The molecule has 1 saturated heterocycles. The standard InChI is InChI=1S/C26H28N6O5S2/c1-18-24(39(35,36)32-13-11-30(12-14-32)20-8-3-4-9-21(20)37-2)23-25(38-18)29-17-31(26(23)34)16-22(33)28-15-19-7-5-6-10-27-19/h3-10,17H,11-16H2,1-2H3,(H,28,33). The first kappa shape index (κ1) is 26.8. The molecule has 1 N–H and O–H groups in total. The summed E-state index contributed by atoms with van der Waals surface area (Å²) >= 11 is 1.16. The summed E-state index contributed by atoms with van der Waals surface area (Å²) in [4.78, 5) is 37.3. The quantitative estimate of drug-likeness (QED) is 0.342. The summed E-state index contributed by atoms with van der Waals surface area (Å²) in [5.41, 5.74) is 1.02. The zero-order chi connectivity index (χ0) is 27.6. The van der Waals surface area contributed by atoms with Crippen LogP contribution in [-0.2, 0) is 27.9 Å². The number of hydrogen-bond acceptors (Lipinski definition) is 9. The first-order valence-electron chi connectivity index (χ1n) is 12.3. The van der Waals surface area contributed by atoms with Crippen LogP contribution in [0.5, 0.6) is 5.75 Å². The van der Waals surface area contributed by atoms with E-state index in [-0.39, 0.29) is 36.5 Å². The van der Waals surface area contributed by atoms with Gasteiger partial charge in [0.1, 0.15) is 22.0 Å². The van der Waals surface area contributed by atoms with E-state index < -0.39 is 21.5 Å². The van der Waals surface area contributed by atoms with Crippen LogP contribution in [-0.4, -0.2) is 66.5 Å². The molecule has 3 aromatic heterocycles. The summed E-state index contributed by atoms with van der Waals surface area (Å²) in [7, 11) is -2.38. The molecule has 0 unspecified atom stereocenters. The number of aryl methyl sites for hydroxylation is 1. The minimum absolute atomic E-state index is 0.0182. The van der Waals surface area contributed by atoms with E-state index in [1.54, 1.807) is 32.4 Å². The lowest BCUT2D eigenvalue weighted by Gasteiger charge is -2.35. The van der Waals surface area contributed by atoms with Crippen molar-refractivity contribution in [2.75, 3.05) is 38.2 Å². The summed E-state index contributed by atoms with van der Waals surface area (Å²) < 4.78 is 35.6. The van der Waals surface area contributed by atoms with Crippen molar-refractivity contribution in [1.82, 2.24) is 24.2 Å². The predicted octanol–water partition coefficient (Wildman–Crippen LogP) is 2.00. The van der Waals surface area contributed by atoms with Crippen molar-refractivity contribution in [3.05, 3.63) is 75.9 Å². The molecule has 4 heterocycles. The van der Waals surface area contributed by atoms with E-state index in [2.05, 4.69) is 20.2 Å². The number of piperazine rings is 1. The Labute approximate surface area is 229 Å². The van der Waals surface area contributed by atoms with Gasteiger partial charge < -0.3 is 15.0 Å². The highest BCUT2D eigenvalue weighted by Gasteiger charge is 2.34. The summed E-state index contributed by atoms with van der Waals surface area (Å²) in [6.07, 6.45) is 2.91. The maximum Gasteiger partial charge on any atom is 0.263 e. The SMILES string of the molecule is COc1ccccc1N1CCN(S(=O)(=O)c2c(C)sc3ncn(CC(=O)NCc4ccccn4)c(=O)c23)CC1. The minimum atomic E-state index is -3.99. The summed E-state index contributed by atoms with van der Waals surface area (Å²) in [6.45, 7) is 3.04. The monoisotopic (exact) mass is 568 g/mol. The molecular formula is C26H28N6O5S2. The molecule has 0 aliphatic carbocycles. The number of anilines is 1. The molecule has 5 rings (SSSR count). The lowest BCUT2D eigenvalue weighted by atomic mass is 10.2. The first-order chi connectivity index (χ1) is 18.8. The van der Waals surface area contributed by atoms with E-state index in [4.69, 9.17) is 4.74 Å². The summed E-state index contributed by atoms with van der Waals surface area (Å²) in [5.74, 6) is 0.317. The van der Waals surface area contributed by atoms with Crippen LogP contribution in [0, 0.1) is 6.92 Å². The van der Waals surface area contributed by atoms with Gasteiger partial charge in [-0.1, -0.05) is 18.2 Å². The Bertz CT molecular complexity index is 1660. The number of aromatic nitrogens is 3. The van der Waals surface area contributed by atoms with E-state index in [1.165, 1.54) is 10.6 Å². The van der Waals surface area contributed by atoms with Crippen molar-refractivity contribution < 1.29 is 17.9 Å². The van der Waals surface area contributed by atoms with Crippen LogP contribution in [0.4, 0.5) is 5.69 Å². The van der Waals surface area contributed by atoms with Crippen LogP contribution in [0.2, 0.25) is 0 Å². The van der Waals surface area contributed by atoms with Crippen LogP contribution in [0.1, 0.15) is 10.6 Å². The van der Waals surface area contributed by atoms with Crippen LogP contribution in [0.25, 0.3) is 10.2 Å². The van der Waals surface area contributed by atoms with Crippen molar-refractivity contribution in [2.24, 2.45) is 0 Å². The number of benzene rings is 1. The number of hydrogen-bond donors (Lipinski definition) is 1. The number of ether oxygens (including phenoxy) is 1. The zero-order valence-electron chi connectivity index (χ0n) is 21.5. The average Bonchev–Trinajstić information content (AvgIpc) is 3.31. The minimum Gasteiger partial charge on any atom is -0.495 e. The van der Waals surface area contributed by atoms with Crippen LogP contribution >= 0.6 is 11.3 Å². The first-order valence-corrected chi connectivity index (χ1v) is 14.6. The van der Waals surface area contributed by atoms with E-state index in [0.29, 0.717) is 28.5 Å². The molecule has 4 aromatic rings. The topological polar surface area (TPSA) is 127 Å². The number of pyridine rings is 1. The van der Waals surface area contributed by atoms with Gasteiger partial charge in [-0.3, -0.25) is 19.1 Å². The second-order valence-corrected chi connectivity index (χ2v) is 12.1. The second kappa shape index (κ2) is 11.1. The third kappa shape index (κ3) is 5.37. The maximum absolute atomic E-state index is 13.8. The molecular weight excluding hydrogens is 540 g/mol. The smallest absolute Gasteiger partial charge is 0.263 e. The molecule has 1 aliphatic heterocycles. The number of para-hydroxylation sites is 2. The molecule has 0 bridgehead atoms. The van der Waals surface area contributed by atoms with Gasteiger partial charge in [0.05, 0.1) is 36.7 Å². The molecule has 13 heteroatoms. The third-order valence-corrected chi connectivity index (χ3v) is 9.78. The van der Waals surface area contributed by atoms with Gasteiger partial charge in [-0.2, -0.15) is 4.31 Å².